The molecule has 0 aromatic carbocycles. The summed E-state index contributed by atoms with van der Waals surface area (Å²) in [5.74, 6) is 0.567. The van der Waals surface area contributed by atoms with E-state index in [2.05, 4.69) is 13.0 Å². The van der Waals surface area contributed by atoms with Crippen molar-refractivity contribution in [2.24, 2.45) is 5.92 Å². The Hall–Kier alpha value is -0.590. The van der Waals surface area contributed by atoms with E-state index < -0.39 is 0 Å². The Kier molecular flexibility index (Phi) is 4.92. The van der Waals surface area contributed by atoms with Crippen LogP contribution >= 0.6 is 0 Å². The van der Waals surface area contributed by atoms with Gasteiger partial charge in [0.05, 0.1) is 0 Å². The van der Waals surface area contributed by atoms with Gasteiger partial charge in [-0.3, -0.25) is 4.79 Å². The van der Waals surface area contributed by atoms with E-state index in [-0.39, 0.29) is 5.92 Å². The molecule has 0 amide bonds. The SMILES string of the molecule is CCCCCC(C=C1CCC1)C(C)=O. The first kappa shape index (κ1) is 11.5. The molecule has 1 rings (SSSR count). The van der Waals surface area contributed by atoms with E-state index in [0.717, 1.165) is 6.42 Å². The molecule has 1 unspecified atom stereocenters. The lowest BCUT2D eigenvalue weighted by Crippen LogP contribution is -2.11. The third-order valence-corrected chi connectivity index (χ3v) is 3.07. The molecule has 0 aromatic rings. The third kappa shape index (κ3) is 3.65. The molecule has 0 bridgehead atoms. The predicted molar refractivity (Wildman–Crippen MR) is 60.2 cm³/mol. The smallest absolute Gasteiger partial charge is 0.136 e. The number of carbonyl (C=O) groups excluding carboxylic acids is 1. The van der Waals surface area contributed by atoms with Crippen molar-refractivity contribution in [1.29, 1.82) is 0 Å². The van der Waals surface area contributed by atoms with Gasteiger partial charge in [-0.2, -0.15) is 0 Å². The molecule has 1 saturated carbocycles. The minimum absolute atomic E-state index is 0.219. The quantitative estimate of drug-likeness (QED) is 0.463. The van der Waals surface area contributed by atoms with E-state index in [1.165, 1.54) is 44.1 Å². The molecule has 0 N–H and O–H groups in total. The zero-order chi connectivity index (χ0) is 10.4. The van der Waals surface area contributed by atoms with Gasteiger partial charge in [-0.25, -0.2) is 0 Å². The fraction of sp³-hybridized carbons (Fsp3) is 0.769. The number of hydrogen-bond acceptors (Lipinski definition) is 1. The summed E-state index contributed by atoms with van der Waals surface area (Å²) in [5.41, 5.74) is 1.52. The highest BCUT2D eigenvalue weighted by atomic mass is 16.1. The van der Waals surface area contributed by atoms with E-state index >= 15 is 0 Å². The monoisotopic (exact) mass is 194 g/mol. The molecule has 0 saturated heterocycles. The second-order valence-electron chi connectivity index (χ2n) is 4.39. The molecule has 1 nitrogen and oxygen atoms in total. The van der Waals surface area contributed by atoms with Gasteiger partial charge in [0, 0.05) is 5.92 Å². The number of ketones is 1. The van der Waals surface area contributed by atoms with Crippen LogP contribution < -0.4 is 0 Å². The number of unbranched alkanes of at least 4 members (excludes halogenated alkanes) is 2. The fourth-order valence-corrected chi connectivity index (χ4v) is 1.85. The van der Waals surface area contributed by atoms with Crippen molar-refractivity contribution < 1.29 is 4.79 Å². The molecule has 1 atom stereocenters. The van der Waals surface area contributed by atoms with E-state index in [9.17, 15) is 4.79 Å². The molecular formula is C13H22O. The van der Waals surface area contributed by atoms with Gasteiger partial charge >= 0.3 is 0 Å². The van der Waals surface area contributed by atoms with Gasteiger partial charge in [-0.05, 0) is 32.6 Å². The second-order valence-corrected chi connectivity index (χ2v) is 4.39. The predicted octanol–water partition coefficient (Wildman–Crippen LogP) is 3.88. The number of rotatable bonds is 6. The first-order valence-corrected chi connectivity index (χ1v) is 5.94. The lowest BCUT2D eigenvalue weighted by Gasteiger charge is -2.19. The van der Waals surface area contributed by atoms with Crippen LogP contribution in [0, 0.1) is 5.92 Å². The number of carbonyl (C=O) groups is 1. The molecule has 1 aliphatic carbocycles. The third-order valence-electron chi connectivity index (χ3n) is 3.07. The Bertz CT molecular complexity index is 209. The lowest BCUT2D eigenvalue weighted by molar-refractivity contribution is -0.119. The van der Waals surface area contributed by atoms with Crippen LogP contribution in [-0.4, -0.2) is 5.78 Å². The van der Waals surface area contributed by atoms with Crippen molar-refractivity contribution in [3.63, 3.8) is 0 Å². The van der Waals surface area contributed by atoms with E-state index in [4.69, 9.17) is 0 Å². The molecule has 0 spiro atoms. The van der Waals surface area contributed by atoms with Crippen molar-refractivity contribution in [2.45, 2.75) is 58.8 Å². The lowest BCUT2D eigenvalue weighted by atomic mass is 9.86. The van der Waals surface area contributed by atoms with Crippen LogP contribution in [0.5, 0.6) is 0 Å². The maximum absolute atomic E-state index is 11.4. The van der Waals surface area contributed by atoms with Gasteiger partial charge in [0.15, 0.2) is 0 Å². The van der Waals surface area contributed by atoms with E-state index in [1.807, 2.05) is 0 Å². The van der Waals surface area contributed by atoms with Crippen molar-refractivity contribution >= 4 is 5.78 Å². The van der Waals surface area contributed by atoms with Crippen LogP contribution in [-0.2, 0) is 4.79 Å². The van der Waals surface area contributed by atoms with E-state index in [1.54, 1.807) is 6.92 Å². The van der Waals surface area contributed by atoms with Crippen LogP contribution in [0.3, 0.4) is 0 Å². The Labute approximate surface area is 87.6 Å². The highest BCUT2D eigenvalue weighted by Gasteiger charge is 2.15. The maximum atomic E-state index is 11.4. The van der Waals surface area contributed by atoms with Crippen LogP contribution in [0.1, 0.15) is 58.8 Å². The minimum Gasteiger partial charge on any atom is -0.299 e. The summed E-state index contributed by atoms with van der Waals surface area (Å²) in [4.78, 5) is 11.4. The summed E-state index contributed by atoms with van der Waals surface area (Å²) in [7, 11) is 0. The van der Waals surface area contributed by atoms with Gasteiger partial charge < -0.3 is 0 Å². The highest BCUT2D eigenvalue weighted by molar-refractivity contribution is 5.80. The minimum atomic E-state index is 0.219. The number of allylic oxidation sites excluding steroid dienone is 2. The van der Waals surface area contributed by atoms with E-state index in [0.29, 0.717) is 5.78 Å². The second kappa shape index (κ2) is 6.00. The molecule has 14 heavy (non-hydrogen) atoms. The van der Waals surface area contributed by atoms with Gasteiger partial charge in [-0.15, -0.1) is 0 Å². The van der Waals surface area contributed by atoms with Crippen molar-refractivity contribution in [3.8, 4) is 0 Å². The summed E-state index contributed by atoms with van der Waals surface area (Å²) in [5, 5.41) is 0. The molecule has 1 fully saturated rings. The van der Waals surface area contributed by atoms with Crippen LogP contribution in [0.4, 0.5) is 0 Å². The average molecular weight is 194 g/mol. The number of hydrogen-bond donors (Lipinski definition) is 0. The molecule has 0 radical (unpaired) electrons. The molecular weight excluding hydrogens is 172 g/mol. The standard InChI is InChI=1S/C13H22O/c1-3-4-5-9-13(11(2)14)10-12-7-6-8-12/h10,13H,3-9H2,1-2H3. The molecule has 80 valence electrons. The summed E-state index contributed by atoms with van der Waals surface area (Å²) < 4.78 is 0. The molecule has 0 heterocycles. The molecule has 0 aromatic heterocycles. The Morgan fingerprint density at radius 2 is 2.14 bits per heavy atom. The molecule has 1 aliphatic rings. The first-order valence-electron chi connectivity index (χ1n) is 5.94. The fourth-order valence-electron chi connectivity index (χ4n) is 1.85. The summed E-state index contributed by atoms with van der Waals surface area (Å²) in [6.07, 6.45) is 10.8. The first-order chi connectivity index (χ1) is 6.74. The average Bonchev–Trinajstić information content (AvgIpc) is 2.07. The van der Waals surface area contributed by atoms with Gasteiger partial charge in [-0.1, -0.05) is 37.8 Å². The normalized spacial score (nSPS) is 17.4. The van der Waals surface area contributed by atoms with Crippen LogP contribution in [0.2, 0.25) is 0 Å². The topological polar surface area (TPSA) is 17.1 Å². The summed E-state index contributed by atoms with van der Waals surface area (Å²) in [6.45, 7) is 3.93. The maximum Gasteiger partial charge on any atom is 0.136 e. The Balaban J connectivity index is 2.34. The van der Waals surface area contributed by atoms with Crippen molar-refractivity contribution in [1.82, 2.24) is 0 Å². The Morgan fingerprint density at radius 1 is 1.43 bits per heavy atom. The van der Waals surface area contributed by atoms with Gasteiger partial charge in [0.1, 0.15) is 5.78 Å². The zero-order valence-corrected chi connectivity index (χ0v) is 9.51. The summed E-state index contributed by atoms with van der Waals surface area (Å²) in [6, 6.07) is 0. The number of Topliss-reactive ketones (excluding diaryl/α,β-unsaturated/α-hetero) is 1. The molecule has 0 aliphatic heterocycles. The van der Waals surface area contributed by atoms with Gasteiger partial charge in [0.25, 0.3) is 0 Å². The van der Waals surface area contributed by atoms with Gasteiger partial charge in [0.2, 0.25) is 0 Å². The van der Waals surface area contributed by atoms with Crippen molar-refractivity contribution in [3.05, 3.63) is 11.6 Å². The van der Waals surface area contributed by atoms with Crippen LogP contribution in [0.25, 0.3) is 0 Å². The highest BCUT2D eigenvalue weighted by Crippen LogP contribution is 2.28. The molecule has 1 heteroatoms. The zero-order valence-electron chi connectivity index (χ0n) is 9.51. The van der Waals surface area contributed by atoms with Crippen molar-refractivity contribution in [2.75, 3.05) is 0 Å². The summed E-state index contributed by atoms with van der Waals surface area (Å²) >= 11 is 0. The largest absolute Gasteiger partial charge is 0.299 e. The Morgan fingerprint density at radius 3 is 2.57 bits per heavy atom. The van der Waals surface area contributed by atoms with Crippen LogP contribution in [0.15, 0.2) is 11.6 Å².